The summed E-state index contributed by atoms with van der Waals surface area (Å²) in [6.07, 6.45) is 0.334. The fourth-order valence-electron chi connectivity index (χ4n) is 3.04. The van der Waals surface area contributed by atoms with Crippen molar-refractivity contribution >= 4 is 12.4 Å². The van der Waals surface area contributed by atoms with E-state index in [1.54, 1.807) is 0 Å². The second kappa shape index (κ2) is 7.70. The van der Waals surface area contributed by atoms with Gasteiger partial charge in [-0.1, -0.05) is 0 Å². The molecule has 0 aromatic rings. The molecule has 0 unspecified atom stereocenters. The summed E-state index contributed by atoms with van der Waals surface area (Å²) in [5, 5.41) is 6.79. The Morgan fingerprint density at radius 3 is 2.05 bits per heavy atom. The third-order valence-electron chi connectivity index (χ3n) is 4.34. The highest BCUT2D eigenvalue weighted by molar-refractivity contribution is 5.85. The number of alkyl halides is 3. The molecule has 0 bridgehead atoms. The minimum absolute atomic E-state index is 0. The van der Waals surface area contributed by atoms with E-state index < -0.39 is 12.1 Å². The van der Waals surface area contributed by atoms with Crippen LogP contribution in [0.3, 0.4) is 0 Å². The van der Waals surface area contributed by atoms with E-state index >= 15 is 0 Å². The Bertz CT molecular complexity index is 247. The van der Waals surface area contributed by atoms with Gasteiger partial charge < -0.3 is 10.6 Å². The smallest absolute Gasteiger partial charge is 0.317 e. The number of hydrogen-bond donors (Lipinski definition) is 2. The summed E-state index contributed by atoms with van der Waals surface area (Å²) in [7, 11) is 0. The van der Waals surface area contributed by atoms with E-state index in [9.17, 15) is 13.2 Å². The van der Waals surface area contributed by atoms with Gasteiger partial charge in [0.1, 0.15) is 0 Å². The SMILES string of the molecule is Cl.FC(F)(F)C1CCC(NCC2CCNCC2)CC1. The highest BCUT2D eigenvalue weighted by Crippen LogP contribution is 2.37. The van der Waals surface area contributed by atoms with Crippen LogP contribution in [0.25, 0.3) is 0 Å². The second-order valence-electron chi connectivity index (χ2n) is 5.69. The fourth-order valence-corrected chi connectivity index (χ4v) is 3.04. The Morgan fingerprint density at radius 2 is 1.53 bits per heavy atom. The molecule has 6 heteroatoms. The molecule has 114 valence electrons. The summed E-state index contributed by atoms with van der Waals surface area (Å²) in [6, 6.07) is 0.304. The van der Waals surface area contributed by atoms with Crippen molar-refractivity contribution in [3.63, 3.8) is 0 Å². The van der Waals surface area contributed by atoms with Crippen LogP contribution >= 0.6 is 12.4 Å². The zero-order valence-corrected chi connectivity index (χ0v) is 12.0. The predicted octanol–water partition coefficient (Wildman–Crippen LogP) is 3.12. The van der Waals surface area contributed by atoms with Crippen LogP contribution in [-0.4, -0.2) is 31.9 Å². The van der Waals surface area contributed by atoms with Crippen molar-refractivity contribution in [2.45, 2.75) is 50.7 Å². The van der Waals surface area contributed by atoms with Crippen LogP contribution in [-0.2, 0) is 0 Å². The molecule has 0 amide bonds. The highest BCUT2D eigenvalue weighted by atomic mass is 35.5. The average molecular weight is 301 g/mol. The zero-order chi connectivity index (χ0) is 13.0. The first kappa shape index (κ1) is 17.1. The maximum absolute atomic E-state index is 12.5. The molecule has 2 N–H and O–H groups in total. The molecule has 0 radical (unpaired) electrons. The molecule has 1 aliphatic carbocycles. The monoisotopic (exact) mass is 300 g/mol. The molecular formula is C13H24ClF3N2. The lowest BCUT2D eigenvalue weighted by molar-refractivity contribution is -0.182. The van der Waals surface area contributed by atoms with E-state index in [0.717, 1.165) is 19.6 Å². The molecule has 2 nitrogen and oxygen atoms in total. The van der Waals surface area contributed by atoms with Crippen LogP contribution in [0.2, 0.25) is 0 Å². The van der Waals surface area contributed by atoms with Crippen molar-refractivity contribution in [3.05, 3.63) is 0 Å². The van der Waals surface area contributed by atoms with Crippen LogP contribution in [0.15, 0.2) is 0 Å². The molecule has 2 fully saturated rings. The van der Waals surface area contributed by atoms with Gasteiger partial charge in [0.05, 0.1) is 5.92 Å². The lowest BCUT2D eigenvalue weighted by Gasteiger charge is -2.32. The van der Waals surface area contributed by atoms with Gasteiger partial charge in [-0.25, -0.2) is 0 Å². The Hall–Kier alpha value is -0.0000000000000000416. The highest BCUT2D eigenvalue weighted by Gasteiger charge is 2.41. The van der Waals surface area contributed by atoms with Crippen LogP contribution < -0.4 is 10.6 Å². The van der Waals surface area contributed by atoms with E-state index in [1.807, 2.05) is 0 Å². The Labute approximate surface area is 119 Å². The second-order valence-corrected chi connectivity index (χ2v) is 5.69. The minimum Gasteiger partial charge on any atom is -0.317 e. The van der Waals surface area contributed by atoms with Gasteiger partial charge in [0.15, 0.2) is 0 Å². The van der Waals surface area contributed by atoms with Crippen molar-refractivity contribution in [2.75, 3.05) is 19.6 Å². The van der Waals surface area contributed by atoms with Crippen molar-refractivity contribution in [1.29, 1.82) is 0 Å². The molecule has 0 atom stereocenters. The van der Waals surface area contributed by atoms with Gasteiger partial charge in [-0.15, -0.1) is 12.4 Å². The number of rotatable bonds is 3. The van der Waals surface area contributed by atoms with Gasteiger partial charge in [0.2, 0.25) is 0 Å². The van der Waals surface area contributed by atoms with Crippen LogP contribution in [0.5, 0.6) is 0 Å². The normalized spacial score (nSPS) is 29.8. The van der Waals surface area contributed by atoms with Crippen LogP contribution in [0, 0.1) is 11.8 Å². The van der Waals surface area contributed by atoms with Crippen molar-refractivity contribution in [2.24, 2.45) is 11.8 Å². The Kier molecular flexibility index (Phi) is 6.91. The number of hydrogen-bond acceptors (Lipinski definition) is 2. The molecule has 2 rings (SSSR count). The van der Waals surface area contributed by atoms with Gasteiger partial charge in [0.25, 0.3) is 0 Å². The first-order chi connectivity index (χ1) is 8.55. The number of nitrogens with one attached hydrogen (secondary N) is 2. The van der Waals surface area contributed by atoms with Crippen molar-refractivity contribution in [1.82, 2.24) is 10.6 Å². The summed E-state index contributed by atoms with van der Waals surface area (Å²) < 4.78 is 37.6. The van der Waals surface area contributed by atoms with E-state index in [4.69, 9.17) is 0 Å². The predicted molar refractivity (Wildman–Crippen MR) is 72.6 cm³/mol. The van der Waals surface area contributed by atoms with Crippen LogP contribution in [0.1, 0.15) is 38.5 Å². The Balaban J connectivity index is 0.00000180. The Morgan fingerprint density at radius 1 is 0.947 bits per heavy atom. The molecule has 1 saturated carbocycles. The summed E-state index contributed by atoms with van der Waals surface area (Å²) in [5.41, 5.74) is 0. The van der Waals surface area contributed by atoms with Gasteiger partial charge in [-0.05, 0) is 64.1 Å². The number of piperidine rings is 1. The standard InChI is InChI=1S/C13H23F3N2.ClH/c14-13(15,16)11-1-3-12(4-2-11)18-9-10-5-7-17-8-6-10;/h10-12,17-18H,1-9H2;1H. The molecule has 1 saturated heterocycles. The van der Waals surface area contributed by atoms with Gasteiger partial charge >= 0.3 is 6.18 Å². The van der Waals surface area contributed by atoms with Gasteiger partial charge in [-0.2, -0.15) is 13.2 Å². The molecule has 1 aliphatic heterocycles. The lowest BCUT2D eigenvalue weighted by atomic mass is 9.85. The van der Waals surface area contributed by atoms with E-state index in [-0.39, 0.29) is 12.4 Å². The van der Waals surface area contributed by atoms with E-state index in [2.05, 4.69) is 10.6 Å². The average Bonchev–Trinajstić information content (AvgIpc) is 2.37. The molecule has 0 spiro atoms. The summed E-state index contributed by atoms with van der Waals surface area (Å²) in [5.74, 6) is -0.360. The quantitative estimate of drug-likeness (QED) is 0.837. The maximum atomic E-state index is 12.5. The number of halogens is 4. The molecule has 0 aromatic heterocycles. The summed E-state index contributed by atoms with van der Waals surface area (Å²) >= 11 is 0. The van der Waals surface area contributed by atoms with E-state index in [0.29, 0.717) is 37.6 Å². The first-order valence-electron chi connectivity index (χ1n) is 7.06. The largest absolute Gasteiger partial charge is 0.391 e. The fraction of sp³-hybridized carbons (Fsp3) is 1.00. The van der Waals surface area contributed by atoms with Crippen LogP contribution in [0.4, 0.5) is 13.2 Å². The maximum Gasteiger partial charge on any atom is 0.391 e. The molecule has 1 heterocycles. The summed E-state index contributed by atoms with van der Waals surface area (Å²) in [6.45, 7) is 3.13. The lowest BCUT2D eigenvalue weighted by Crippen LogP contribution is -2.41. The summed E-state index contributed by atoms with van der Waals surface area (Å²) in [4.78, 5) is 0. The van der Waals surface area contributed by atoms with Crippen molar-refractivity contribution < 1.29 is 13.2 Å². The molecule has 0 aromatic carbocycles. The van der Waals surface area contributed by atoms with Gasteiger partial charge in [0, 0.05) is 6.04 Å². The van der Waals surface area contributed by atoms with Gasteiger partial charge in [-0.3, -0.25) is 0 Å². The topological polar surface area (TPSA) is 24.1 Å². The van der Waals surface area contributed by atoms with Crippen molar-refractivity contribution in [3.8, 4) is 0 Å². The molecule has 2 aliphatic rings. The minimum atomic E-state index is -3.99. The third-order valence-corrected chi connectivity index (χ3v) is 4.34. The van der Waals surface area contributed by atoms with E-state index in [1.165, 1.54) is 12.8 Å². The first-order valence-corrected chi connectivity index (χ1v) is 7.06. The third kappa shape index (κ3) is 5.48. The molecular weight excluding hydrogens is 277 g/mol. The molecule has 19 heavy (non-hydrogen) atoms. The zero-order valence-electron chi connectivity index (χ0n) is 11.1.